The lowest BCUT2D eigenvalue weighted by Crippen LogP contribution is -2.44. The first-order valence-electron chi connectivity index (χ1n) is 8.75. The molecule has 2 aliphatic rings. The number of rotatable bonds is 2. The number of fused-ring (bicyclic) bond motifs is 3. The molecule has 0 bridgehead atoms. The Labute approximate surface area is 162 Å². The molecule has 0 saturated carbocycles. The predicted molar refractivity (Wildman–Crippen MR) is 99.5 cm³/mol. The van der Waals surface area contributed by atoms with Crippen LogP contribution in [-0.2, 0) is 14.8 Å². The van der Waals surface area contributed by atoms with Crippen molar-refractivity contribution in [3.8, 4) is 5.69 Å². The Morgan fingerprint density at radius 1 is 1.32 bits per heavy atom. The molecule has 10 nitrogen and oxygen atoms in total. The minimum absolute atomic E-state index is 0.0197. The average Bonchev–Trinajstić information content (AvgIpc) is 3.20. The molecule has 28 heavy (non-hydrogen) atoms. The van der Waals surface area contributed by atoms with E-state index >= 15 is 0 Å². The van der Waals surface area contributed by atoms with E-state index in [-0.39, 0.29) is 40.3 Å². The van der Waals surface area contributed by atoms with E-state index in [0.717, 1.165) is 0 Å². The fourth-order valence-electron chi connectivity index (χ4n) is 3.43. The molecule has 0 aliphatic carbocycles. The first kappa shape index (κ1) is 18.4. The third-order valence-electron chi connectivity index (χ3n) is 4.78. The number of hydrogen-bond acceptors (Lipinski definition) is 6. The van der Waals surface area contributed by atoms with Gasteiger partial charge < -0.3 is 10.2 Å². The summed E-state index contributed by atoms with van der Waals surface area (Å²) in [6, 6.07) is 4.02. The normalized spacial score (nSPS) is 20.3. The van der Waals surface area contributed by atoms with E-state index in [4.69, 9.17) is 0 Å². The maximum atomic E-state index is 12.7. The van der Waals surface area contributed by atoms with Crippen LogP contribution >= 0.6 is 0 Å². The van der Waals surface area contributed by atoms with Gasteiger partial charge in [0.2, 0.25) is 11.9 Å². The minimum Gasteiger partial charge on any atom is -0.347 e. The summed E-state index contributed by atoms with van der Waals surface area (Å²) in [5.41, 5.74) is 0.185. The zero-order valence-electron chi connectivity index (χ0n) is 15.6. The van der Waals surface area contributed by atoms with Gasteiger partial charge in [-0.3, -0.25) is 9.59 Å². The van der Waals surface area contributed by atoms with E-state index in [2.05, 4.69) is 20.1 Å². The lowest BCUT2D eigenvalue weighted by Gasteiger charge is -2.32. The second-order valence-corrected chi connectivity index (χ2v) is 9.48. The molecule has 2 aromatic rings. The van der Waals surface area contributed by atoms with Crippen molar-refractivity contribution in [3.63, 3.8) is 0 Å². The van der Waals surface area contributed by atoms with Crippen LogP contribution in [0.2, 0.25) is 0 Å². The van der Waals surface area contributed by atoms with Crippen LogP contribution < -0.4 is 10.0 Å². The number of hydrogen-bond donors (Lipinski definition) is 2. The maximum absolute atomic E-state index is 12.7. The first-order valence-corrected chi connectivity index (χ1v) is 10.2. The van der Waals surface area contributed by atoms with Crippen molar-refractivity contribution in [1.82, 2.24) is 25.0 Å². The molecule has 11 heteroatoms. The molecule has 4 rings (SSSR count). The zero-order valence-corrected chi connectivity index (χ0v) is 16.4. The molecular formula is C17H20N6O4S. The molecular weight excluding hydrogens is 384 g/mol. The van der Waals surface area contributed by atoms with Crippen LogP contribution in [0.15, 0.2) is 29.4 Å². The topological polar surface area (TPSA) is 126 Å². The fraction of sp³-hybridized carbons (Fsp3) is 0.412. The van der Waals surface area contributed by atoms with E-state index in [9.17, 15) is 18.0 Å². The molecule has 3 heterocycles. The summed E-state index contributed by atoms with van der Waals surface area (Å²) in [4.78, 5) is 30.4. The Morgan fingerprint density at radius 3 is 2.75 bits per heavy atom. The summed E-state index contributed by atoms with van der Waals surface area (Å²) in [5, 5.41) is 6.82. The van der Waals surface area contributed by atoms with E-state index in [0.29, 0.717) is 12.2 Å². The average molecular weight is 404 g/mol. The number of carbonyl (C=O) groups excluding carboxylic acids is 2. The van der Waals surface area contributed by atoms with Gasteiger partial charge in [-0.2, -0.15) is 14.8 Å². The molecule has 1 fully saturated rings. The molecule has 1 aromatic heterocycles. The molecule has 1 aromatic carbocycles. The van der Waals surface area contributed by atoms with Crippen LogP contribution in [0.4, 0.5) is 5.95 Å². The van der Waals surface area contributed by atoms with Crippen molar-refractivity contribution in [2.24, 2.45) is 0 Å². The molecule has 148 valence electrons. The van der Waals surface area contributed by atoms with Gasteiger partial charge in [0.25, 0.3) is 15.9 Å². The largest absolute Gasteiger partial charge is 0.347 e. The van der Waals surface area contributed by atoms with Crippen molar-refractivity contribution in [2.75, 3.05) is 11.3 Å². The van der Waals surface area contributed by atoms with E-state index in [1.807, 2.05) is 20.8 Å². The van der Waals surface area contributed by atoms with Crippen LogP contribution in [-0.4, -0.2) is 58.0 Å². The van der Waals surface area contributed by atoms with Gasteiger partial charge in [-0.1, -0.05) is 0 Å². The van der Waals surface area contributed by atoms with Crippen LogP contribution in [0.5, 0.6) is 0 Å². The highest BCUT2D eigenvalue weighted by molar-refractivity contribution is 7.93. The fourth-order valence-corrected chi connectivity index (χ4v) is 4.63. The summed E-state index contributed by atoms with van der Waals surface area (Å²) in [7, 11) is -3.86. The highest BCUT2D eigenvalue weighted by atomic mass is 32.2. The van der Waals surface area contributed by atoms with E-state index in [1.54, 1.807) is 4.90 Å². The molecule has 2 amide bonds. The van der Waals surface area contributed by atoms with E-state index < -0.39 is 15.9 Å². The highest BCUT2D eigenvalue weighted by Crippen LogP contribution is 2.30. The van der Waals surface area contributed by atoms with Gasteiger partial charge in [0.1, 0.15) is 11.2 Å². The van der Waals surface area contributed by atoms with Gasteiger partial charge >= 0.3 is 0 Å². The maximum Gasteiger partial charge on any atom is 0.266 e. The number of sulfonamides is 1. The van der Waals surface area contributed by atoms with Crippen LogP contribution in [0.1, 0.15) is 37.6 Å². The van der Waals surface area contributed by atoms with Crippen LogP contribution in [0.3, 0.4) is 0 Å². The van der Waals surface area contributed by atoms with Crippen molar-refractivity contribution in [1.29, 1.82) is 0 Å². The Kier molecular flexibility index (Phi) is 3.96. The standard InChI is InChI=1S/C17H20N6O4S/c1-17(2,3)22-8-11(7-14(22)24)20-15(25)10-4-5-12-13(6-10)28(26,27)21-16-18-9-19-23(12)16/h4-6,9,11H,7-8H2,1-3H3,(H,20,25)(H,18,19,21). The second kappa shape index (κ2) is 6.03. The number of nitrogens with one attached hydrogen (secondary N) is 2. The first-order chi connectivity index (χ1) is 13.1. The number of nitrogens with zero attached hydrogens (tertiary/aromatic N) is 4. The molecule has 1 saturated heterocycles. The van der Waals surface area contributed by atoms with E-state index in [1.165, 1.54) is 29.2 Å². The van der Waals surface area contributed by atoms with Crippen molar-refractivity contribution in [3.05, 3.63) is 30.1 Å². The summed E-state index contributed by atoms with van der Waals surface area (Å²) in [6.07, 6.45) is 1.46. The van der Waals surface area contributed by atoms with Crippen LogP contribution in [0.25, 0.3) is 5.69 Å². The summed E-state index contributed by atoms with van der Waals surface area (Å²) in [6.45, 7) is 6.24. The number of benzene rings is 1. The van der Waals surface area contributed by atoms with Crippen molar-refractivity contribution >= 4 is 27.8 Å². The molecule has 0 radical (unpaired) electrons. The summed E-state index contributed by atoms with van der Waals surface area (Å²) in [5.74, 6) is -0.360. The number of aromatic nitrogens is 3. The number of carbonyl (C=O) groups is 2. The van der Waals surface area contributed by atoms with Gasteiger partial charge in [-0.25, -0.2) is 13.1 Å². The van der Waals surface area contributed by atoms with Gasteiger partial charge in [-0.15, -0.1) is 0 Å². The highest BCUT2D eigenvalue weighted by Gasteiger charge is 2.37. The third-order valence-corrected chi connectivity index (χ3v) is 6.14. The zero-order chi connectivity index (χ0) is 20.3. The van der Waals surface area contributed by atoms with Gasteiger partial charge in [-0.05, 0) is 39.0 Å². The molecule has 1 atom stereocenters. The number of anilines is 1. The number of amides is 2. The van der Waals surface area contributed by atoms with Crippen molar-refractivity contribution in [2.45, 2.75) is 43.7 Å². The number of likely N-dealkylation sites (tertiary alicyclic amines) is 1. The smallest absolute Gasteiger partial charge is 0.266 e. The monoisotopic (exact) mass is 404 g/mol. The molecule has 1 unspecified atom stereocenters. The lowest BCUT2D eigenvalue weighted by molar-refractivity contribution is -0.131. The van der Waals surface area contributed by atoms with Crippen molar-refractivity contribution < 1.29 is 18.0 Å². The Morgan fingerprint density at radius 2 is 2.07 bits per heavy atom. The minimum atomic E-state index is -3.86. The van der Waals surface area contributed by atoms with Gasteiger partial charge in [0, 0.05) is 24.1 Å². The second-order valence-electron chi connectivity index (χ2n) is 7.83. The SMILES string of the molecule is CC(C)(C)N1CC(NC(=O)c2ccc3c(c2)S(=O)(=O)Nc2ncnn2-3)CC1=O. The summed E-state index contributed by atoms with van der Waals surface area (Å²) >= 11 is 0. The Hall–Kier alpha value is -2.95. The molecule has 2 N–H and O–H groups in total. The Balaban J connectivity index is 1.59. The molecule has 0 spiro atoms. The predicted octanol–water partition coefficient (Wildman–Crippen LogP) is 0.511. The third kappa shape index (κ3) is 3.01. The van der Waals surface area contributed by atoms with Gasteiger partial charge in [0.05, 0.1) is 11.7 Å². The summed E-state index contributed by atoms with van der Waals surface area (Å²) < 4.78 is 28.6. The molecule has 2 aliphatic heterocycles. The quantitative estimate of drug-likeness (QED) is 0.751. The van der Waals surface area contributed by atoms with Crippen LogP contribution in [0, 0.1) is 0 Å². The lowest BCUT2D eigenvalue weighted by atomic mass is 10.1. The van der Waals surface area contributed by atoms with Gasteiger partial charge in [0.15, 0.2) is 0 Å². The Bertz CT molecular complexity index is 1090.